The normalized spacial score (nSPS) is 18.1. The molecular weight excluding hydrogens is 390 g/mol. The van der Waals surface area contributed by atoms with Crippen molar-refractivity contribution in [3.05, 3.63) is 65.5 Å². The van der Waals surface area contributed by atoms with Crippen LogP contribution in [-0.2, 0) is 10.3 Å². The lowest BCUT2D eigenvalue weighted by Crippen LogP contribution is -2.54. The van der Waals surface area contributed by atoms with Gasteiger partial charge < -0.3 is 5.32 Å². The zero-order chi connectivity index (χ0) is 22.0. The summed E-state index contributed by atoms with van der Waals surface area (Å²) in [6.45, 7) is 3.76. The lowest BCUT2D eigenvalue weighted by Gasteiger charge is -2.34. The Balaban J connectivity index is 1.62. The molecule has 31 heavy (non-hydrogen) atoms. The molecule has 0 radical (unpaired) electrons. The molecule has 0 bridgehead atoms. The fourth-order valence-electron chi connectivity index (χ4n) is 4.75. The van der Waals surface area contributed by atoms with Gasteiger partial charge in [-0.15, -0.1) is 0 Å². The lowest BCUT2D eigenvalue weighted by atomic mass is 9.84. The third kappa shape index (κ3) is 4.24. The summed E-state index contributed by atoms with van der Waals surface area (Å²) in [7, 11) is 0. The van der Waals surface area contributed by atoms with E-state index in [2.05, 4.69) is 10.3 Å². The van der Waals surface area contributed by atoms with E-state index in [-0.39, 0.29) is 17.7 Å². The summed E-state index contributed by atoms with van der Waals surface area (Å²) in [6.07, 6.45) is 7.68. The summed E-state index contributed by atoms with van der Waals surface area (Å²) < 4.78 is 0. The monoisotopic (exact) mass is 419 g/mol. The lowest BCUT2D eigenvalue weighted by molar-refractivity contribution is -0.127. The molecule has 2 aromatic rings. The molecule has 1 aromatic heterocycles. The Morgan fingerprint density at radius 3 is 2.23 bits per heavy atom. The van der Waals surface area contributed by atoms with E-state index in [0.717, 1.165) is 31.4 Å². The largest absolute Gasteiger partial charge is 0.344 e. The molecule has 0 unspecified atom stereocenters. The number of nitrogens with zero attached hydrogens (tertiary/aromatic N) is 2. The van der Waals surface area contributed by atoms with Crippen LogP contribution in [0.1, 0.15) is 78.8 Å². The average molecular weight is 420 g/mol. The SMILES string of the molecule is CC(C)(NC(=O)[C@H](CC1CCCCC1)N1C(=O)c2ccccc2C1=O)c1ccccn1. The van der Waals surface area contributed by atoms with Crippen LogP contribution in [0.25, 0.3) is 0 Å². The summed E-state index contributed by atoms with van der Waals surface area (Å²) in [5, 5.41) is 3.06. The van der Waals surface area contributed by atoms with Gasteiger partial charge in [-0.2, -0.15) is 0 Å². The second kappa shape index (κ2) is 8.61. The number of rotatable bonds is 6. The van der Waals surface area contributed by atoms with E-state index < -0.39 is 11.6 Å². The highest BCUT2D eigenvalue weighted by atomic mass is 16.2. The number of hydrogen-bond acceptors (Lipinski definition) is 4. The molecule has 1 aliphatic heterocycles. The molecule has 1 N–H and O–H groups in total. The molecule has 2 heterocycles. The quantitative estimate of drug-likeness (QED) is 0.716. The van der Waals surface area contributed by atoms with Crippen LogP contribution in [0.5, 0.6) is 0 Å². The van der Waals surface area contributed by atoms with Gasteiger partial charge in [0.05, 0.1) is 22.4 Å². The van der Waals surface area contributed by atoms with Crippen molar-refractivity contribution in [3.8, 4) is 0 Å². The van der Waals surface area contributed by atoms with Gasteiger partial charge >= 0.3 is 0 Å². The highest BCUT2D eigenvalue weighted by molar-refractivity contribution is 6.22. The number of carbonyl (C=O) groups is 3. The maximum atomic E-state index is 13.6. The van der Waals surface area contributed by atoms with Crippen LogP contribution in [0.3, 0.4) is 0 Å². The summed E-state index contributed by atoms with van der Waals surface area (Å²) in [5.74, 6) is -0.748. The third-order valence-electron chi connectivity index (χ3n) is 6.46. The summed E-state index contributed by atoms with van der Waals surface area (Å²) >= 11 is 0. The molecule has 1 aliphatic carbocycles. The van der Waals surface area contributed by atoms with Gasteiger partial charge in [-0.25, -0.2) is 0 Å². The number of benzene rings is 1. The molecule has 3 amide bonds. The molecule has 162 valence electrons. The molecule has 1 saturated carbocycles. The van der Waals surface area contributed by atoms with Crippen LogP contribution in [-0.4, -0.2) is 33.6 Å². The van der Waals surface area contributed by atoms with E-state index in [1.165, 1.54) is 11.3 Å². The predicted molar refractivity (Wildman–Crippen MR) is 117 cm³/mol. The summed E-state index contributed by atoms with van der Waals surface area (Å²) in [4.78, 5) is 45.4. The van der Waals surface area contributed by atoms with Crippen molar-refractivity contribution >= 4 is 17.7 Å². The first-order valence-corrected chi connectivity index (χ1v) is 11.1. The molecule has 2 aliphatic rings. The zero-order valence-electron chi connectivity index (χ0n) is 18.1. The minimum absolute atomic E-state index is 0.310. The number of imide groups is 1. The fourth-order valence-corrected chi connectivity index (χ4v) is 4.75. The number of fused-ring (bicyclic) bond motifs is 1. The molecule has 1 atom stereocenters. The van der Waals surface area contributed by atoms with Gasteiger partial charge in [0, 0.05) is 6.20 Å². The molecule has 0 saturated heterocycles. The van der Waals surface area contributed by atoms with E-state index in [1.807, 2.05) is 32.0 Å². The second-order valence-corrected chi connectivity index (χ2v) is 9.11. The first-order chi connectivity index (χ1) is 14.9. The van der Waals surface area contributed by atoms with E-state index in [1.54, 1.807) is 30.5 Å². The molecule has 0 spiro atoms. The minimum Gasteiger partial charge on any atom is -0.344 e. The maximum absolute atomic E-state index is 13.6. The van der Waals surface area contributed by atoms with Crippen molar-refractivity contribution in [2.24, 2.45) is 5.92 Å². The highest BCUT2D eigenvalue weighted by Crippen LogP contribution is 2.32. The van der Waals surface area contributed by atoms with Gasteiger partial charge in [-0.05, 0) is 50.5 Å². The number of hydrogen-bond donors (Lipinski definition) is 1. The van der Waals surface area contributed by atoms with Crippen molar-refractivity contribution < 1.29 is 14.4 Å². The van der Waals surface area contributed by atoms with Crippen molar-refractivity contribution in [3.63, 3.8) is 0 Å². The topological polar surface area (TPSA) is 79.4 Å². The Hall–Kier alpha value is -3.02. The number of amides is 3. The van der Waals surface area contributed by atoms with Crippen molar-refractivity contribution in [2.75, 3.05) is 0 Å². The van der Waals surface area contributed by atoms with Crippen molar-refractivity contribution in [2.45, 2.75) is 64.0 Å². The van der Waals surface area contributed by atoms with Crippen LogP contribution in [0.15, 0.2) is 48.7 Å². The van der Waals surface area contributed by atoms with E-state index in [4.69, 9.17) is 0 Å². The van der Waals surface area contributed by atoms with Crippen LogP contribution in [0.4, 0.5) is 0 Å². The van der Waals surface area contributed by atoms with Gasteiger partial charge in [0.25, 0.3) is 11.8 Å². The molecular formula is C25H29N3O3. The molecule has 6 nitrogen and oxygen atoms in total. The van der Waals surface area contributed by atoms with Crippen LogP contribution in [0.2, 0.25) is 0 Å². The van der Waals surface area contributed by atoms with Gasteiger partial charge in [-0.1, -0.05) is 50.3 Å². The standard InChI is InChI=1S/C25H29N3O3/c1-25(2,21-14-8-9-15-26-21)27-22(29)20(16-17-10-4-3-5-11-17)28-23(30)18-12-6-7-13-19(18)24(28)31/h6-9,12-15,17,20H,3-5,10-11,16H2,1-2H3,(H,27,29)/t20-/m0/s1. The zero-order valence-corrected chi connectivity index (χ0v) is 18.1. The minimum atomic E-state index is -0.835. The average Bonchev–Trinajstić information content (AvgIpc) is 3.03. The third-order valence-corrected chi connectivity index (χ3v) is 6.46. The molecule has 6 heteroatoms. The highest BCUT2D eigenvalue weighted by Gasteiger charge is 2.44. The van der Waals surface area contributed by atoms with Gasteiger partial charge in [0.15, 0.2) is 0 Å². The number of nitrogens with one attached hydrogen (secondary N) is 1. The summed E-state index contributed by atoms with van der Waals surface area (Å²) in [6, 6.07) is 11.5. The summed E-state index contributed by atoms with van der Waals surface area (Å²) in [5.41, 5.74) is 0.736. The van der Waals surface area contributed by atoms with Gasteiger partial charge in [-0.3, -0.25) is 24.3 Å². The molecule has 4 rings (SSSR count). The number of aromatic nitrogens is 1. The smallest absolute Gasteiger partial charge is 0.262 e. The first-order valence-electron chi connectivity index (χ1n) is 11.1. The fraction of sp³-hybridized carbons (Fsp3) is 0.440. The molecule has 1 fully saturated rings. The Morgan fingerprint density at radius 2 is 1.65 bits per heavy atom. The van der Waals surface area contributed by atoms with E-state index in [0.29, 0.717) is 23.5 Å². The Kier molecular flexibility index (Phi) is 5.90. The first kappa shape index (κ1) is 21.2. The van der Waals surface area contributed by atoms with E-state index >= 15 is 0 Å². The Labute approximate surface area is 183 Å². The predicted octanol–water partition coefficient (Wildman–Crippen LogP) is 4.07. The maximum Gasteiger partial charge on any atom is 0.262 e. The van der Waals surface area contributed by atoms with Gasteiger partial charge in [0.2, 0.25) is 5.91 Å². The second-order valence-electron chi connectivity index (χ2n) is 9.11. The van der Waals surface area contributed by atoms with Gasteiger partial charge in [0.1, 0.15) is 6.04 Å². The van der Waals surface area contributed by atoms with Crippen molar-refractivity contribution in [1.82, 2.24) is 15.2 Å². The molecule has 1 aromatic carbocycles. The van der Waals surface area contributed by atoms with Crippen molar-refractivity contribution in [1.29, 1.82) is 0 Å². The number of carbonyl (C=O) groups excluding carboxylic acids is 3. The van der Waals surface area contributed by atoms with Crippen LogP contribution in [0, 0.1) is 5.92 Å². The van der Waals surface area contributed by atoms with E-state index in [9.17, 15) is 14.4 Å². The number of pyridine rings is 1. The van der Waals surface area contributed by atoms with Crippen LogP contribution < -0.4 is 5.32 Å². The Morgan fingerprint density at radius 1 is 1.03 bits per heavy atom. The Bertz CT molecular complexity index is 946. The van der Waals surface area contributed by atoms with Crippen LogP contribution >= 0.6 is 0 Å².